The van der Waals surface area contributed by atoms with Crippen LogP contribution < -0.4 is 29.6 Å². The summed E-state index contributed by atoms with van der Waals surface area (Å²) in [6.45, 7) is 4.50. The van der Waals surface area contributed by atoms with Crippen LogP contribution in [0.3, 0.4) is 0 Å². The van der Waals surface area contributed by atoms with Gasteiger partial charge in [-0.05, 0) is 48.3 Å². The zero-order chi connectivity index (χ0) is 26.1. The van der Waals surface area contributed by atoms with Gasteiger partial charge in [0.25, 0.3) is 0 Å². The molecule has 0 saturated carbocycles. The fraction of sp³-hybridized carbons (Fsp3) is 0.688. The second kappa shape index (κ2) is 20.5. The Morgan fingerprint density at radius 2 is 1.00 bits per heavy atom. The van der Waals surface area contributed by atoms with Crippen LogP contribution in [-0.2, 0) is 23.0 Å². The summed E-state index contributed by atoms with van der Waals surface area (Å²) in [4.78, 5) is -0.0418. The Hall–Kier alpha value is -0.390. The molecule has 2 aromatic rings. The quantitative estimate of drug-likeness (QED) is 0.0987. The molecule has 0 fully saturated rings. The van der Waals surface area contributed by atoms with Crippen molar-refractivity contribution in [3.05, 3.63) is 41.5 Å². The summed E-state index contributed by atoms with van der Waals surface area (Å²) in [6, 6.07) is 9.50. The molecule has 0 spiro atoms. The van der Waals surface area contributed by atoms with Crippen LogP contribution >= 0.6 is 0 Å². The zero-order valence-corrected chi connectivity index (χ0v) is 27.0. The first-order valence-electron chi connectivity index (χ1n) is 15.0. The van der Waals surface area contributed by atoms with Crippen LogP contribution in [0.4, 0.5) is 0 Å². The minimum Gasteiger partial charge on any atom is -0.744 e. The normalized spacial score (nSPS) is 11.6. The van der Waals surface area contributed by atoms with E-state index in [0.29, 0.717) is 5.39 Å². The summed E-state index contributed by atoms with van der Waals surface area (Å²) in [5.74, 6) is 0. The molecule has 0 aromatic heterocycles. The van der Waals surface area contributed by atoms with Gasteiger partial charge in [-0.2, -0.15) is 0 Å². The molecule has 0 N–H and O–H groups in total. The van der Waals surface area contributed by atoms with E-state index in [0.717, 1.165) is 43.1 Å². The van der Waals surface area contributed by atoms with E-state index in [2.05, 4.69) is 13.8 Å². The summed E-state index contributed by atoms with van der Waals surface area (Å²) in [5, 5.41) is 1.64. The Labute approximate surface area is 250 Å². The Morgan fingerprint density at radius 1 is 0.568 bits per heavy atom. The van der Waals surface area contributed by atoms with E-state index in [1.165, 1.54) is 102 Å². The standard InChI is InChI=1S/C32H52O3S.Na/c1-3-5-7-9-11-13-15-17-19-22-28-26-27-31(36(33,34)35)32-29(24-21-25-30(28)32)23-20-18-16-14-12-10-8-6-4-2;/h21,24-27H,3-20,22-23H2,1-2H3,(H,33,34,35);/q;+1/p-1. The van der Waals surface area contributed by atoms with Gasteiger partial charge in [0, 0.05) is 5.39 Å². The van der Waals surface area contributed by atoms with Gasteiger partial charge < -0.3 is 4.55 Å². The molecule has 2 aromatic carbocycles. The fourth-order valence-electron chi connectivity index (χ4n) is 5.39. The molecule has 0 bridgehead atoms. The van der Waals surface area contributed by atoms with E-state index >= 15 is 0 Å². The number of hydrogen-bond acceptors (Lipinski definition) is 3. The maximum Gasteiger partial charge on any atom is 1.00 e. The molecule has 0 amide bonds. The topological polar surface area (TPSA) is 57.2 Å². The van der Waals surface area contributed by atoms with E-state index in [-0.39, 0.29) is 34.5 Å². The Bertz CT molecular complexity index is 971. The first kappa shape index (κ1) is 34.6. The van der Waals surface area contributed by atoms with E-state index in [4.69, 9.17) is 0 Å². The summed E-state index contributed by atoms with van der Waals surface area (Å²) in [5.41, 5.74) is 2.19. The third-order valence-electron chi connectivity index (χ3n) is 7.55. The average Bonchev–Trinajstić information content (AvgIpc) is 2.86. The molecule has 0 radical (unpaired) electrons. The van der Waals surface area contributed by atoms with Crippen molar-refractivity contribution in [3.8, 4) is 0 Å². The van der Waals surface area contributed by atoms with Crippen molar-refractivity contribution in [2.45, 2.75) is 147 Å². The second-order valence-corrected chi connectivity index (χ2v) is 12.0. The third kappa shape index (κ3) is 13.5. The summed E-state index contributed by atoms with van der Waals surface area (Å²) in [7, 11) is -4.51. The molecule has 2 rings (SSSR count). The second-order valence-electron chi connectivity index (χ2n) is 10.7. The molecular formula is C32H51NaO3S. The van der Waals surface area contributed by atoms with Gasteiger partial charge in [-0.15, -0.1) is 0 Å². The van der Waals surface area contributed by atoms with Crippen LogP contribution in [0, 0.1) is 0 Å². The van der Waals surface area contributed by atoms with E-state index < -0.39 is 10.1 Å². The molecule has 204 valence electrons. The average molecular weight is 539 g/mol. The van der Waals surface area contributed by atoms with E-state index in [1.54, 1.807) is 6.07 Å². The molecular weight excluding hydrogens is 487 g/mol. The smallest absolute Gasteiger partial charge is 0.744 e. The van der Waals surface area contributed by atoms with Crippen molar-refractivity contribution in [1.82, 2.24) is 0 Å². The molecule has 0 aliphatic heterocycles. The number of fused-ring (bicyclic) bond motifs is 1. The summed E-state index contributed by atoms with van der Waals surface area (Å²) < 4.78 is 36.3. The van der Waals surface area contributed by atoms with Gasteiger partial charge in [-0.25, -0.2) is 8.42 Å². The van der Waals surface area contributed by atoms with Crippen LogP contribution in [0.2, 0.25) is 0 Å². The van der Waals surface area contributed by atoms with Gasteiger partial charge in [-0.3, -0.25) is 0 Å². The molecule has 0 aliphatic carbocycles. The monoisotopic (exact) mass is 538 g/mol. The molecule has 0 heterocycles. The first-order valence-corrected chi connectivity index (χ1v) is 16.4. The molecule has 5 heteroatoms. The summed E-state index contributed by atoms with van der Waals surface area (Å²) in [6.07, 6.45) is 24.7. The van der Waals surface area contributed by atoms with E-state index in [1.807, 2.05) is 24.3 Å². The minimum atomic E-state index is -4.51. The van der Waals surface area contributed by atoms with Gasteiger partial charge in [0.1, 0.15) is 10.1 Å². The molecule has 0 atom stereocenters. The number of rotatable bonds is 21. The molecule has 37 heavy (non-hydrogen) atoms. The zero-order valence-electron chi connectivity index (χ0n) is 24.2. The number of unbranched alkanes of at least 4 members (excludes halogenated alkanes) is 16. The van der Waals surface area contributed by atoms with Crippen LogP contribution in [0.5, 0.6) is 0 Å². The van der Waals surface area contributed by atoms with Gasteiger partial charge in [0.15, 0.2) is 0 Å². The van der Waals surface area contributed by atoms with Crippen molar-refractivity contribution >= 4 is 20.9 Å². The number of benzene rings is 2. The maximum atomic E-state index is 12.1. The first-order chi connectivity index (χ1) is 17.5. The van der Waals surface area contributed by atoms with Crippen LogP contribution in [0.25, 0.3) is 10.8 Å². The number of hydrogen-bond donors (Lipinski definition) is 0. The largest absolute Gasteiger partial charge is 1.00 e. The SMILES string of the molecule is CCCCCCCCCCCc1ccc(S(=O)(=O)[O-])c2c(CCCCCCCCCCC)cccc12.[Na+]. The predicted molar refractivity (Wildman–Crippen MR) is 154 cm³/mol. The number of aryl methyl sites for hydroxylation is 2. The molecule has 0 unspecified atom stereocenters. The van der Waals surface area contributed by atoms with Crippen LogP contribution in [0.15, 0.2) is 35.2 Å². The van der Waals surface area contributed by atoms with Crippen LogP contribution in [-0.4, -0.2) is 13.0 Å². The summed E-state index contributed by atoms with van der Waals surface area (Å²) >= 11 is 0. The van der Waals surface area contributed by atoms with Crippen molar-refractivity contribution < 1.29 is 42.5 Å². The fourth-order valence-corrected chi connectivity index (χ4v) is 6.12. The Kier molecular flexibility index (Phi) is 19.2. The minimum absolute atomic E-state index is 0. The van der Waals surface area contributed by atoms with Crippen molar-refractivity contribution in [3.63, 3.8) is 0 Å². The Balaban J connectivity index is 0.00000684. The van der Waals surface area contributed by atoms with Crippen molar-refractivity contribution in [2.75, 3.05) is 0 Å². The van der Waals surface area contributed by atoms with Gasteiger partial charge in [0.2, 0.25) is 0 Å². The Morgan fingerprint density at radius 3 is 1.46 bits per heavy atom. The van der Waals surface area contributed by atoms with Gasteiger partial charge in [0.05, 0.1) is 4.90 Å². The van der Waals surface area contributed by atoms with E-state index in [9.17, 15) is 13.0 Å². The van der Waals surface area contributed by atoms with Gasteiger partial charge in [-0.1, -0.05) is 141 Å². The molecule has 0 aliphatic rings. The molecule has 3 nitrogen and oxygen atoms in total. The predicted octanol–water partition coefficient (Wildman–Crippen LogP) is 6.89. The third-order valence-corrected chi connectivity index (χ3v) is 8.43. The van der Waals surface area contributed by atoms with Crippen molar-refractivity contribution in [2.24, 2.45) is 0 Å². The maximum absolute atomic E-state index is 12.1. The molecule has 0 saturated heterocycles. The van der Waals surface area contributed by atoms with Gasteiger partial charge >= 0.3 is 29.6 Å². The van der Waals surface area contributed by atoms with Crippen molar-refractivity contribution in [1.29, 1.82) is 0 Å². The van der Waals surface area contributed by atoms with Crippen LogP contribution in [0.1, 0.15) is 141 Å².